The lowest BCUT2D eigenvalue weighted by atomic mass is 10.1. The van der Waals surface area contributed by atoms with Crippen LogP contribution in [-0.4, -0.2) is 19.1 Å². The molecule has 1 unspecified atom stereocenters. The van der Waals surface area contributed by atoms with Gasteiger partial charge in [-0.3, -0.25) is 4.79 Å². The maximum absolute atomic E-state index is 11.2. The molecule has 0 aliphatic carbocycles. The zero-order chi connectivity index (χ0) is 13.1. The molecule has 0 spiro atoms. The maximum Gasteiger partial charge on any atom is 0.310 e. The molecule has 0 aliphatic rings. The summed E-state index contributed by atoms with van der Waals surface area (Å²) in [7, 11) is -1.71. The average Bonchev–Trinajstić information content (AvgIpc) is 2.26. The molecular weight excluding hydrogens is 228 g/mol. The van der Waals surface area contributed by atoms with E-state index in [1.807, 2.05) is 18.2 Å². The van der Waals surface area contributed by atoms with Crippen LogP contribution in [-0.2, 0) is 4.79 Å². The molecule has 0 saturated heterocycles. The van der Waals surface area contributed by atoms with Crippen LogP contribution in [0.25, 0.3) is 0 Å². The molecular formula is C14H20O2Si. The van der Waals surface area contributed by atoms with E-state index >= 15 is 0 Å². The first-order valence-electron chi connectivity index (χ1n) is 5.78. The summed E-state index contributed by atoms with van der Waals surface area (Å²) in [5.74, 6) is -1.18. The molecule has 2 nitrogen and oxygen atoms in total. The van der Waals surface area contributed by atoms with E-state index in [0.717, 1.165) is 5.57 Å². The minimum atomic E-state index is -1.71. The summed E-state index contributed by atoms with van der Waals surface area (Å²) < 4.78 is 0. The normalized spacial score (nSPS) is 13.1. The Labute approximate surface area is 104 Å². The summed E-state index contributed by atoms with van der Waals surface area (Å²) in [4.78, 5) is 11.2. The smallest absolute Gasteiger partial charge is 0.310 e. The Morgan fingerprint density at radius 2 is 1.88 bits per heavy atom. The van der Waals surface area contributed by atoms with Crippen molar-refractivity contribution < 1.29 is 9.90 Å². The van der Waals surface area contributed by atoms with E-state index in [9.17, 15) is 9.90 Å². The van der Waals surface area contributed by atoms with Crippen LogP contribution in [0.4, 0.5) is 0 Å². The number of carbonyl (C=O) groups is 1. The quantitative estimate of drug-likeness (QED) is 0.642. The van der Waals surface area contributed by atoms with Gasteiger partial charge in [0.1, 0.15) is 0 Å². The van der Waals surface area contributed by atoms with E-state index in [-0.39, 0.29) is 0 Å². The SMILES string of the molecule is C=C(C)C(C[Si](C)(C)c1ccccc1)C(=O)O. The second-order valence-corrected chi connectivity index (χ2v) is 9.94. The van der Waals surface area contributed by atoms with Gasteiger partial charge in [-0.2, -0.15) is 0 Å². The van der Waals surface area contributed by atoms with Gasteiger partial charge in [-0.05, 0) is 13.0 Å². The number of hydrogen-bond donors (Lipinski definition) is 1. The third kappa shape index (κ3) is 3.56. The number of hydrogen-bond acceptors (Lipinski definition) is 1. The highest BCUT2D eigenvalue weighted by atomic mass is 28.3. The zero-order valence-electron chi connectivity index (χ0n) is 10.7. The highest BCUT2D eigenvalue weighted by molar-refractivity contribution is 6.90. The largest absolute Gasteiger partial charge is 0.481 e. The van der Waals surface area contributed by atoms with Gasteiger partial charge in [0, 0.05) is 0 Å². The summed E-state index contributed by atoms with van der Waals surface area (Å²) in [6.45, 7) is 10.0. The summed E-state index contributed by atoms with van der Waals surface area (Å²) in [6.07, 6.45) is 0. The van der Waals surface area contributed by atoms with Gasteiger partial charge >= 0.3 is 5.97 Å². The van der Waals surface area contributed by atoms with E-state index in [4.69, 9.17) is 0 Å². The summed E-state index contributed by atoms with van der Waals surface area (Å²) in [5.41, 5.74) is 0.744. The van der Waals surface area contributed by atoms with Crippen LogP contribution in [0.2, 0.25) is 19.1 Å². The number of carboxylic acids is 1. The third-order valence-corrected chi connectivity index (χ3v) is 6.49. The van der Waals surface area contributed by atoms with E-state index in [0.29, 0.717) is 6.04 Å². The maximum atomic E-state index is 11.2. The van der Waals surface area contributed by atoms with Gasteiger partial charge in [0.05, 0.1) is 14.0 Å². The molecule has 0 fully saturated rings. The van der Waals surface area contributed by atoms with Crippen molar-refractivity contribution in [2.75, 3.05) is 0 Å². The summed E-state index contributed by atoms with van der Waals surface area (Å²) in [5, 5.41) is 10.5. The van der Waals surface area contributed by atoms with Crippen LogP contribution in [0.3, 0.4) is 0 Å². The van der Waals surface area contributed by atoms with Gasteiger partial charge in [0.2, 0.25) is 0 Å². The van der Waals surface area contributed by atoms with Crippen molar-refractivity contribution in [2.45, 2.75) is 26.1 Å². The van der Waals surface area contributed by atoms with Crippen molar-refractivity contribution in [2.24, 2.45) is 5.92 Å². The Kier molecular flexibility index (Phi) is 4.29. The van der Waals surface area contributed by atoms with Crippen LogP contribution in [0, 0.1) is 5.92 Å². The van der Waals surface area contributed by atoms with E-state index in [1.165, 1.54) is 5.19 Å². The zero-order valence-corrected chi connectivity index (χ0v) is 11.7. The lowest BCUT2D eigenvalue weighted by molar-refractivity contribution is -0.139. The molecule has 3 heteroatoms. The molecule has 0 amide bonds. The number of benzene rings is 1. The standard InChI is InChI=1S/C14H20O2Si/c1-11(2)13(14(15)16)10-17(3,4)12-8-6-5-7-9-12/h5-9,13H,1,10H2,2-4H3,(H,15,16). The number of rotatable bonds is 5. The van der Waals surface area contributed by atoms with Crippen molar-refractivity contribution >= 4 is 19.2 Å². The fourth-order valence-corrected chi connectivity index (χ4v) is 4.86. The number of aliphatic carboxylic acids is 1. The van der Waals surface area contributed by atoms with Gasteiger partial charge in [0.25, 0.3) is 0 Å². The minimum absolute atomic E-state index is 0.420. The lowest BCUT2D eigenvalue weighted by Gasteiger charge is -2.26. The molecule has 1 rings (SSSR count). The van der Waals surface area contributed by atoms with Gasteiger partial charge in [-0.15, -0.1) is 0 Å². The van der Waals surface area contributed by atoms with Crippen LogP contribution in [0.5, 0.6) is 0 Å². The van der Waals surface area contributed by atoms with Crippen molar-refractivity contribution in [1.82, 2.24) is 0 Å². The molecule has 1 atom stereocenters. The predicted octanol–water partition coefficient (Wildman–Crippen LogP) is 2.88. The predicted molar refractivity (Wildman–Crippen MR) is 74.3 cm³/mol. The molecule has 1 N–H and O–H groups in total. The first kappa shape index (κ1) is 13.7. The molecule has 17 heavy (non-hydrogen) atoms. The van der Waals surface area contributed by atoms with Crippen LogP contribution in [0.15, 0.2) is 42.5 Å². The van der Waals surface area contributed by atoms with Crippen molar-refractivity contribution in [3.05, 3.63) is 42.5 Å². The Balaban J connectivity index is 2.92. The Morgan fingerprint density at radius 3 is 2.29 bits per heavy atom. The van der Waals surface area contributed by atoms with Gasteiger partial charge in [-0.1, -0.05) is 60.8 Å². The van der Waals surface area contributed by atoms with E-state index in [1.54, 1.807) is 6.92 Å². The summed E-state index contributed by atoms with van der Waals surface area (Å²) >= 11 is 0. The first-order valence-corrected chi connectivity index (χ1v) is 8.99. The monoisotopic (exact) mass is 248 g/mol. The van der Waals surface area contributed by atoms with Crippen LogP contribution >= 0.6 is 0 Å². The van der Waals surface area contributed by atoms with Gasteiger partial charge in [0.15, 0.2) is 0 Å². The molecule has 0 heterocycles. The second-order valence-electron chi connectivity index (χ2n) is 5.19. The molecule has 0 saturated carbocycles. The third-order valence-electron chi connectivity index (χ3n) is 3.16. The van der Waals surface area contributed by atoms with Gasteiger partial charge in [-0.25, -0.2) is 0 Å². The molecule has 0 aromatic heterocycles. The Hall–Kier alpha value is -1.35. The number of carboxylic acid groups (broad SMARTS) is 1. The first-order chi connectivity index (χ1) is 7.84. The molecule has 0 bridgehead atoms. The molecule has 0 aliphatic heterocycles. The summed E-state index contributed by atoms with van der Waals surface area (Å²) in [6, 6.07) is 10.9. The van der Waals surface area contributed by atoms with Crippen molar-refractivity contribution in [3.8, 4) is 0 Å². The van der Waals surface area contributed by atoms with Crippen molar-refractivity contribution in [1.29, 1.82) is 0 Å². The van der Waals surface area contributed by atoms with Crippen LogP contribution in [0.1, 0.15) is 6.92 Å². The second kappa shape index (κ2) is 5.32. The van der Waals surface area contributed by atoms with E-state index in [2.05, 4.69) is 31.8 Å². The Morgan fingerprint density at radius 1 is 1.35 bits per heavy atom. The minimum Gasteiger partial charge on any atom is -0.481 e. The fourth-order valence-electron chi connectivity index (χ4n) is 1.99. The average molecular weight is 248 g/mol. The molecule has 0 radical (unpaired) electrons. The Bertz CT molecular complexity index is 395. The van der Waals surface area contributed by atoms with Gasteiger partial charge < -0.3 is 5.11 Å². The topological polar surface area (TPSA) is 37.3 Å². The molecule has 1 aromatic carbocycles. The fraction of sp³-hybridized carbons (Fsp3) is 0.357. The molecule has 1 aromatic rings. The van der Waals surface area contributed by atoms with E-state index < -0.39 is 20.0 Å². The molecule has 92 valence electrons. The van der Waals surface area contributed by atoms with Crippen LogP contribution < -0.4 is 5.19 Å². The van der Waals surface area contributed by atoms with Crippen molar-refractivity contribution in [3.63, 3.8) is 0 Å². The highest BCUT2D eigenvalue weighted by Crippen LogP contribution is 2.22. The highest BCUT2D eigenvalue weighted by Gasteiger charge is 2.31. The lowest BCUT2D eigenvalue weighted by Crippen LogP contribution is -2.44.